The number of hydrogen-bond acceptors (Lipinski definition) is 3. The Hall–Kier alpha value is -2.27. The molecule has 0 bridgehead atoms. The fourth-order valence-corrected chi connectivity index (χ4v) is 5.32. The Labute approximate surface area is 180 Å². The molecule has 0 spiro atoms. The van der Waals surface area contributed by atoms with Crippen LogP contribution in [0, 0.1) is 6.92 Å². The fraction of sp³-hybridized carbons (Fsp3) is 0.560. The number of benzene rings is 1. The van der Waals surface area contributed by atoms with Crippen LogP contribution in [0.15, 0.2) is 24.3 Å². The van der Waals surface area contributed by atoms with Gasteiger partial charge in [-0.2, -0.15) is 0 Å². The van der Waals surface area contributed by atoms with Gasteiger partial charge in [-0.25, -0.2) is 0 Å². The number of nitrogens with zero attached hydrogens (tertiary/aromatic N) is 3. The summed E-state index contributed by atoms with van der Waals surface area (Å²) < 4.78 is 2.35. The molecule has 162 valence electrons. The minimum Gasteiger partial charge on any atom is -0.372 e. The van der Waals surface area contributed by atoms with Crippen LogP contribution < -0.4 is 10.6 Å². The zero-order valence-corrected chi connectivity index (χ0v) is 18.6. The zero-order chi connectivity index (χ0) is 21.1. The van der Waals surface area contributed by atoms with E-state index in [9.17, 15) is 4.79 Å². The Morgan fingerprint density at radius 1 is 0.933 bits per heavy atom. The molecule has 1 aromatic heterocycles. The molecule has 3 heterocycles. The summed E-state index contributed by atoms with van der Waals surface area (Å²) >= 11 is 0. The van der Waals surface area contributed by atoms with E-state index < -0.39 is 0 Å². The summed E-state index contributed by atoms with van der Waals surface area (Å²) in [6.07, 6.45) is 7.37. The summed E-state index contributed by atoms with van der Waals surface area (Å²) in [6.45, 7) is 10.8. The monoisotopic (exact) mass is 408 g/mol. The van der Waals surface area contributed by atoms with Crippen molar-refractivity contribution in [2.45, 2.75) is 58.9 Å². The third-order valence-corrected chi connectivity index (χ3v) is 6.93. The highest BCUT2D eigenvalue weighted by atomic mass is 16.1. The van der Waals surface area contributed by atoms with E-state index in [2.05, 4.69) is 52.5 Å². The van der Waals surface area contributed by atoms with E-state index in [1.165, 1.54) is 56.6 Å². The van der Waals surface area contributed by atoms with Gasteiger partial charge < -0.3 is 20.1 Å². The number of amides is 1. The first-order valence-electron chi connectivity index (χ1n) is 11.7. The van der Waals surface area contributed by atoms with Crippen LogP contribution in [0.5, 0.6) is 0 Å². The maximum Gasteiger partial charge on any atom is 0.251 e. The lowest BCUT2D eigenvalue weighted by Crippen LogP contribution is -2.33. The molecule has 0 saturated carbocycles. The van der Waals surface area contributed by atoms with Crippen LogP contribution in [0.1, 0.15) is 60.8 Å². The van der Waals surface area contributed by atoms with Crippen LogP contribution in [0.2, 0.25) is 0 Å². The highest BCUT2D eigenvalue weighted by molar-refractivity contribution is 6.02. The van der Waals surface area contributed by atoms with Crippen molar-refractivity contribution in [3.05, 3.63) is 41.2 Å². The van der Waals surface area contributed by atoms with Gasteiger partial charge in [-0.1, -0.05) is 25.5 Å². The second-order valence-electron chi connectivity index (χ2n) is 8.79. The molecule has 5 nitrogen and oxygen atoms in total. The first-order valence-corrected chi connectivity index (χ1v) is 11.7. The summed E-state index contributed by atoms with van der Waals surface area (Å²) in [5.74, 6) is -0.322. The normalized spacial score (nSPS) is 17.6. The largest absolute Gasteiger partial charge is 0.372 e. The first-order chi connectivity index (χ1) is 14.6. The van der Waals surface area contributed by atoms with E-state index in [-0.39, 0.29) is 5.91 Å². The van der Waals surface area contributed by atoms with Gasteiger partial charge in [-0.05, 0) is 69.8 Å². The molecular weight excluding hydrogens is 372 g/mol. The average molecular weight is 409 g/mol. The number of rotatable bonds is 7. The number of anilines is 1. The van der Waals surface area contributed by atoms with Crippen LogP contribution in [0.25, 0.3) is 11.1 Å². The lowest BCUT2D eigenvalue weighted by atomic mass is 9.98. The topological polar surface area (TPSA) is 54.5 Å². The third kappa shape index (κ3) is 4.13. The molecule has 5 heteroatoms. The van der Waals surface area contributed by atoms with Gasteiger partial charge in [-0.3, -0.25) is 4.79 Å². The number of carbonyl (C=O) groups is 1. The summed E-state index contributed by atoms with van der Waals surface area (Å²) in [7, 11) is 0. The maximum absolute atomic E-state index is 12.5. The minimum atomic E-state index is -0.322. The molecule has 4 rings (SSSR count). The Morgan fingerprint density at radius 3 is 2.17 bits per heavy atom. The van der Waals surface area contributed by atoms with Crippen molar-refractivity contribution in [3.8, 4) is 11.1 Å². The van der Waals surface area contributed by atoms with Gasteiger partial charge in [-0.15, -0.1) is 0 Å². The van der Waals surface area contributed by atoms with E-state index >= 15 is 0 Å². The average Bonchev–Trinajstić information content (AvgIpc) is 3.39. The van der Waals surface area contributed by atoms with Crippen LogP contribution in [0.4, 0.5) is 5.69 Å². The molecule has 0 aliphatic carbocycles. The van der Waals surface area contributed by atoms with Crippen molar-refractivity contribution in [2.24, 2.45) is 5.73 Å². The molecular formula is C25H36N4O. The van der Waals surface area contributed by atoms with Crippen molar-refractivity contribution in [2.75, 3.05) is 37.6 Å². The highest BCUT2D eigenvalue weighted by Gasteiger charge is 2.24. The molecule has 30 heavy (non-hydrogen) atoms. The molecule has 0 atom stereocenters. The number of nitrogens with two attached hydrogens (primary N) is 1. The standard InChI is InChI=1S/C25H36N4O/c1-3-22-24(20-9-11-21(12-10-20)28-15-7-8-16-28)23(25(26)30)19(2)29(22)18-17-27-13-5-4-6-14-27/h9-12H,3-8,13-18H2,1-2H3,(H2,26,30). The van der Waals surface area contributed by atoms with Crippen LogP contribution in [0.3, 0.4) is 0 Å². The summed E-state index contributed by atoms with van der Waals surface area (Å²) in [6, 6.07) is 8.74. The van der Waals surface area contributed by atoms with Crippen molar-refractivity contribution in [3.63, 3.8) is 0 Å². The lowest BCUT2D eigenvalue weighted by molar-refractivity contribution is 0.1000. The van der Waals surface area contributed by atoms with E-state index in [0.29, 0.717) is 5.56 Å². The molecule has 1 amide bonds. The van der Waals surface area contributed by atoms with E-state index in [0.717, 1.165) is 49.4 Å². The summed E-state index contributed by atoms with van der Waals surface area (Å²) in [5.41, 5.74) is 12.2. The van der Waals surface area contributed by atoms with Gasteiger partial charge in [0.2, 0.25) is 0 Å². The SMILES string of the molecule is CCc1c(-c2ccc(N3CCCC3)cc2)c(C(N)=O)c(C)n1CCN1CCCCC1. The van der Waals surface area contributed by atoms with Gasteiger partial charge in [0.1, 0.15) is 0 Å². The number of carbonyl (C=O) groups excluding carboxylic acids is 1. The number of likely N-dealkylation sites (tertiary alicyclic amines) is 1. The molecule has 0 unspecified atom stereocenters. The molecule has 2 aliphatic heterocycles. The first kappa shape index (κ1) is 21.0. The van der Waals surface area contributed by atoms with Crippen LogP contribution >= 0.6 is 0 Å². The quantitative estimate of drug-likeness (QED) is 0.747. The second kappa shape index (κ2) is 9.25. The highest BCUT2D eigenvalue weighted by Crippen LogP contribution is 2.34. The third-order valence-electron chi connectivity index (χ3n) is 6.93. The van der Waals surface area contributed by atoms with Crippen molar-refractivity contribution < 1.29 is 4.79 Å². The molecule has 2 aromatic rings. The smallest absolute Gasteiger partial charge is 0.251 e. The Kier molecular flexibility index (Phi) is 6.47. The zero-order valence-electron chi connectivity index (χ0n) is 18.6. The predicted octanol–water partition coefficient (Wildman–Crippen LogP) is 4.21. The molecule has 2 N–H and O–H groups in total. The lowest BCUT2D eigenvalue weighted by Gasteiger charge is -2.27. The van der Waals surface area contributed by atoms with Crippen LogP contribution in [-0.4, -0.2) is 48.1 Å². The van der Waals surface area contributed by atoms with Gasteiger partial charge in [0.25, 0.3) is 5.91 Å². The minimum absolute atomic E-state index is 0.322. The molecule has 2 aliphatic rings. The van der Waals surface area contributed by atoms with Crippen molar-refractivity contribution in [1.29, 1.82) is 0 Å². The van der Waals surface area contributed by atoms with Gasteiger partial charge in [0.05, 0.1) is 5.56 Å². The maximum atomic E-state index is 12.5. The number of primary amides is 1. The van der Waals surface area contributed by atoms with E-state index in [4.69, 9.17) is 5.73 Å². The second-order valence-corrected chi connectivity index (χ2v) is 8.79. The Balaban J connectivity index is 1.66. The van der Waals surface area contributed by atoms with Crippen molar-refractivity contribution in [1.82, 2.24) is 9.47 Å². The molecule has 2 fully saturated rings. The fourth-order valence-electron chi connectivity index (χ4n) is 5.32. The summed E-state index contributed by atoms with van der Waals surface area (Å²) in [4.78, 5) is 17.5. The van der Waals surface area contributed by atoms with Gasteiger partial charge >= 0.3 is 0 Å². The predicted molar refractivity (Wildman–Crippen MR) is 124 cm³/mol. The number of hydrogen-bond donors (Lipinski definition) is 1. The van der Waals surface area contributed by atoms with E-state index in [1.807, 2.05) is 0 Å². The van der Waals surface area contributed by atoms with Crippen LogP contribution in [-0.2, 0) is 13.0 Å². The van der Waals surface area contributed by atoms with Crippen molar-refractivity contribution >= 4 is 11.6 Å². The molecule has 2 saturated heterocycles. The summed E-state index contributed by atoms with van der Waals surface area (Å²) in [5, 5.41) is 0. The Morgan fingerprint density at radius 2 is 1.57 bits per heavy atom. The number of aromatic nitrogens is 1. The number of piperidine rings is 1. The molecule has 1 aromatic carbocycles. The Bertz CT molecular complexity index is 872. The van der Waals surface area contributed by atoms with E-state index in [1.54, 1.807) is 0 Å². The molecule has 0 radical (unpaired) electrons. The van der Waals surface area contributed by atoms with Gasteiger partial charge in [0, 0.05) is 48.8 Å². The van der Waals surface area contributed by atoms with Gasteiger partial charge in [0.15, 0.2) is 0 Å².